The molecule has 0 bridgehead atoms. The fraction of sp³-hybridized carbons (Fsp3) is 0.200. The lowest BCUT2D eigenvalue weighted by molar-refractivity contribution is 0.0832. The Balaban J connectivity index is 1.40. The molecule has 30 heavy (non-hydrogen) atoms. The van der Waals surface area contributed by atoms with Crippen molar-refractivity contribution in [3.05, 3.63) is 64.3 Å². The Kier molecular flexibility index (Phi) is 5.63. The molecule has 0 radical (unpaired) electrons. The maximum Gasteiger partial charge on any atom is 0.305 e. The monoisotopic (exact) mass is 491 g/mol. The third-order valence-electron chi connectivity index (χ3n) is 4.81. The first kappa shape index (κ1) is 20.6. The highest BCUT2D eigenvalue weighted by Crippen LogP contribution is 2.23. The molecule has 2 heterocycles. The SMILES string of the molecule is O=C(NNC(=O)c1cc2cc(Br)ccc2o1)c1ccc(S(=O)(=O)N2CCCC2)cc1. The van der Waals surface area contributed by atoms with Crippen LogP contribution in [-0.4, -0.2) is 37.6 Å². The Morgan fingerprint density at radius 3 is 2.30 bits per heavy atom. The molecular formula is C20H18BrN3O5S. The lowest BCUT2D eigenvalue weighted by Crippen LogP contribution is -2.41. The molecule has 4 rings (SSSR count). The number of rotatable bonds is 4. The summed E-state index contributed by atoms with van der Waals surface area (Å²) in [6.45, 7) is 1.02. The molecule has 1 aromatic heterocycles. The Bertz CT molecular complexity index is 1210. The van der Waals surface area contributed by atoms with Gasteiger partial charge in [0.1, 0.15) is 5.58 Å². The van der Waals surface area contributed by atoms with Gasteiger partial charge < -0.3 is 4.42 Å². The van der Waals surface area contributed by atoms with E-state index in [4.69, 9.17) is 4.42 Å². The molecule has 8 nitrogen and oxygen atoms in total. The highest BCUT2D eigenvalue weighted by atomic mass is 79.9. The topological polar surface area (TPSA) is 109 Å². The van der Waals surface area contributed by atoms with Crippen molar-refractivity contribution in [3.8, 4) is 0 Å². The van der Waals surface area contributed by atoms with Crippen LogP contribution >= 0.6 is 15.9 Å². The largest absolute Gasteiger partial charge is 0.451 e. The smallest absolute Gasteiger partial charge is 0.305 e. The Hall–Kier alpha value is -2.69. The first-order valence-electron chi connectivity index (χ1n) is 9.24. The van der Waals surface area contributed by atoms with Gasteiger partial charge in [-0.1, -0.05) is 15.9 Å². The minimum atomic E-state index is -3.54. The molecule has 0 saturated carbocycles. The van der Waals surface area contributed by atoms with Gasteiger partial charge in [-0.2, -0.15) is 4.31 Å². The van der Waals surface area contributed by atoms with Crippen molar-refractivity contribution in [2.75, 3.05) is 13.1 Å². The molecule has 0 spiro atoms. The standard InChI is InChI=1S/C20H18BrN3O5S/c21-15-5-8-17-14(11-15)12-18(29-17)20(26)23-22-19(25)13-3-6-16(7-4-13)30(27,28)24-9-1-2-10-24/h3-8,11-12H,1-2,9-10H2,(H,22,25)(H,23,26). The number of carbonyl (C=O) groups is 2. The number of carbonyl (C=O) groups excluding carboxylic acids is 2. The van der Waals surface area contributed by atoms with Gasteiger partial charge >= 0.3 is 5.91 Å². The van der Waals surface area contributed by atoms with Gasteiger partial charge in [-0.25, -0.2) is 8.42 Å². The summed E-state index contributed by atoms with van der Waals surface area (Å²) in [5.41, 5.74) is 5.35. The van der Waals surface area contributed by atoms with Crippen LogP contribution in [-0.2, 0) is 10.0 Å². The second-order valence-electron chi connectivity index (χ2n) is 6.84. The van der Waals surface area contributed by atoms with E-state index >= 15 is 0 Å². The van der Waals surface area contributed by atoms with Gasteiger partial charge in [-0.15, -0.1) is 0 Å². The van der Waals surface area contributed by atoms with Crippen LogP contribution in [0.15, 0.2) is 62.3 Å². The molecule has 2 N–H and O–H groups in total. The van der Waals surface area contributed by atoms with E-state index in [1.807, 2.05) is 6.07 Å². The number of hydrogen-bond donors (Lipinski definition) is 2. The lowest BCUT2D eigenvalue weighted by Gasteiger charge is -2.15. The van der Waals surface area contributed by atoms with Crippen molar-refractivity contribution in [3.63, 3.8) is 0 Å². The predicted octanol–water partition coefficient (Wildman–Crippen LogP) is 3.05. The van der Waals surface area contributed by atoms with E-state index in [0.29, 0.717) is 18.7 Å². The van der Waals surface area contributed by atoms with Crippen molar-refractivity contribution in [1.82, 2.24) is 15.2 Å². The van der Waals surface area contributed by atoms with Gasteiger partial charge in [0.25, 0.3) is 5.91 Å². The third kappa shape index (κ3) is 4.11. The van der Waals surface area contributed by atoms with E-state index in [9.17, 15) is 18.0 Å². The van der Waals surface area contributed by atoms with Crippen LogP contribution in [0.3, 0.4) is 0 Å². The van der Waals surface area contributed by atoms with Crippen LogP contribution < -0.4 is 10.9 Å². The van der Waals surface area contributed by atoms with Crippen LogP contribution in [0.4, 0.5) is 0 Å². The molecule has 2 amide bonds. The van der Waals surface area contributed by atoms with E-state index in [0.717, 1.165) is 22.7 Å². The molecule has 10 heteroatoms. The maximum atomic E-state index is 12.5. The van der Waals surface area contributed by atoms with E-state index < -0.39 is 21.8 Å². The molecule has 1 aliphatic rings. The summed E-state index contributed by atoms with van der Waals surface area (Å²) in [5.74, 6) is -1.13. The summed E-state index contributed by atoms with van der Waals surface area (Å²) in [7, 11) is -3.54. The van der Waals surface area contributed by atoms with E-state index in [1.165, 1.54) is 28.6 Å². The summed E-state index contributed by atoms with van der Waals surface area (Å²) in [5, 5.41) is 0.746. The van der Waals surface area contributed by atoms with Gasteiger partial charge in [0.2, 0.25) is 10.0 Å². The highest BCUT2D eigenvalue weighted by molar-refractivity contribution is 9.10. The van der Waals surface area contributed by atoms with Crippen molar-refractivity contribution in [2.24, 2.45) is 0 Å². The fourth-order valence-corrected chi connectivity index (χ4v) is 5.13. The van der Waals surface area contributed by atoms with Crippen molar-refractivity contribution in [1.29, 1.82) is 0 Å². The van der Waals surface area contributed by atoms with Crippen LogP contribution in [0.25, 0.3) is 11.0 Å². The number of amides is 2. The number of benzene rings is 2. The van der Waals surface area contributed by atoms with Crippen molar-refractivity contribution >= 4 is 48.7 Å². The quantitative estimate of drug-likeness (QED) is 0.545. The Morgan fingerprint density at radius 1 is 0.933 bits per heavy atom. The van der Waals surface area contributed by atoms with Crippen molar-refractivity contribution in [2.45, 2.75) is 17.7 Å². The number of hydrazine groups is 1. The van der Waals surface area contributed by atoms with E-state index in [2.05, 4.69) is 26.8 Å². The maximum absolute atomic E-state index is 12.5. The van der Waals surface area contributed by atoms with Gasteiger partial charge in [0, 0.05) is 28.5 Å². The first-order chi connectivity index (χ1) is 14.3. The van der Waals surface area contributed by atoms with Gasteiger partial charge in [-0.05, 0) is 61.4 Å². The molecule has 0 aliphatic carbocycles. The summed E-state index contributed by atoms with van der Waals surface area (Å²) in [4.78, 5) is 24.7. The highest BCUT2D eigenvalue weighted by Gasteiger charge is 2.27. The van der Waals surface area contributed by atoms with Crippen molar-refractivity contribution < 1.29 is 22.4 Å². The van der Waals surface area contributed by atoms with Crippen LogP contribution in [0.2, 0.25) is 0 Å². The van der Waals surface area contributed by atoms with Gasteiger partial charge in [0.15, 0.2) is 5.76 Å². The number of furan rings is 1. The second-order valence-corrected chi connectivity index (χ2v) is 9.69. The number of nitrogens with zero attached hydrogens (tertiary/aromatic N) is 1. The molecule has 1 fully saturated rings. The summed E-state index contributed by atoms with van der Waals surface area (Å²) in [6, 6.07) is 12.5. The summed E-state index contributed by atoms with van der Waals surface area (Å²) < 4.78 is 32.8. The second kappa shape index (κ2) is 8.21. The van der Waals surface area contributed by atoms with E-state index in [-0.39, 0.29) is 16.2 Å². The third-order valence-corrected chi connectivity index (χ3v) is 7.22. The number of nitrogens with one attached hydrogen (secondary N) is 2. The first-order valence-corrected chi connectivity index (χ1v) is 11.5. The molecule has 0 unspecified atom stereocenters. The predicted molar refractivity (Wildman–Crippen MR) is 113 cm³/mol. The van der Waals surface area contributed by atoms with Crippen LogP contribution in [0.1, 0.15) is 33.8 Å². The number of halogens is 1. The Labute approximate surface area is 181 Å². The minimum Gasteiger partial charge on any atom is -0.451 e. The van der Waals surface area contributed by atoms with Crippen LogP contribution in [0, 0.1) is 0 Å². The molecule has 1 aliphatic heterocycles. The summed E-state index contributed by atoms with van der Waals surface area (Å²) >= 11 is 3.35. The van der Waals surface area contributed by atoms with Gasteiger partial charge in [-0.3, -0.25) is 20.4 Å². The zero-order valence-electron chi connectivity index (χ0n) is 15.7. The molecular weight excluding hydrogens is 474 g/mol. The summed E-state index contributed by atoms with van der Waals surface area (Å²) in [6.07, 6.45) is 1.70. The molecule has 0 atom stereocenters. The number of fused-ring (bicyclic) bond motifs is 1. The minimum absolute atomic E-state index is 0.0513. The zero-order valence-corrected chi connectivity index (χ0v) is 18.1. The number of sulfonamides is 1. The van der Waals surface area contributed by atoms with E-state index in [1.54, 1.807) is 18.2 Å². The Morgan fingerprint density at radius 2 is 1.60 bits per heavy atom. The zero-order chi connectivity index (χ0) is 21.3. The fourth-order valence-electron chi connectivity index (χ4n) is 3.23. The average Bonchev–Trinajstić information content (AvgIpc) is 3.42. The molecule has 2 aromatic carbocycles. The molecule has 1 saturated heterocycles. The molecule has 156 valence electrons. The average molecular weight is 492 g/mol. The number of hydrogen-bond acceptors (Lipinski definition) is 5. The molecule has 3 aromatic rings. The normalized spacial score (nSPS) is 14.7. The van der Waals surface area contributed by atoms with Gasteiger partial charge in [0.05, 0.1) is 4.90 Å². The van der Waals surface area contributed by atoms with Crippen LogP contribution in [0.5, 0.6) is 0 Å². The lowest BCUT2D eigenvalue weighted by atomic mass is 10.2.